The molecule has 3 aromatic heterocycles. The number of carboxylic acid groups (broad SMARTS) is 1. The zero-order valence-electron chi connectivity index (χ0n) is 24.9. The number of halogens is 2. The average molecular weight is 617 g/mol. The summed E-state index contributed by atoms with van der Waals surface area (Å²) < 4.78 is 41.9. The Labute approximate surface area is 258 Å². The SMILES string of the molecule is Cn1nc(C(F)F)c2ccc(COc3cccc(C4CCN(Cc5nc6ccc(C(=O)O)cc6n5CC5CCO5)CC4)n3)cc21. The summed E-state index contributed by atoms with van der Waals surface area (Å²) in [6, 6.07) is 16.2. The van der Waals surface area contributed by atoms with Crippen LogP contribution in [0.15, 0.2) is 54.6 Å². The lowest BCUT2D eigenvalue weighted by Gasteiger charge is -2.32. The first-order chi connectivity index (χ1) is 21.8. The van der Waals surface area contributed by atoms with Crippen molar-refractivity contribution < 1.29 is 28.2 Å². The van der Waals surface area contributed by atoms with Gasteiger partial charge in [0.25, 0.3) is 6.43 Å². The Morgan fingerprint density at radius 1 is 1.07 bits per heavy atom. The summed E-state index contributed by atoms with van der Waals surface area (Å²) in [5, 5.41) is 13.9. The highest BCUT2D eigenvalue weighted by molar-refractivity contribution is 5.92. The number of fused-ring (bicyclic) bond motifs is 2. The second-order valence-electron chi connectivity index (χ2n) is 11.8. The molecular weight excluding hydrogens is 582 g/mol. The summed E-state index contributed by atoms with van der Waals surface area (Å²) >= 11 is 0. The third-order valence-corrected chi connectivity index (χ3v) is 8.91. The molecule has 2 aliphatic rings. The first-order valence-corrected chi connectivity index (χ1v) is 15.2. The number of rotatable bonds is 10. The van der Waals surface area contributed by atoms with Crippen LogP contribution in [0.25, 0.3) is 21.9 Å². The van der Waals surface area contributed by atoms with E-state index < -0.39 is 12.4 Å². The van der Waals surface area contributed by atoms with Gasteiger partial charge in [0, 0.05) is 36.7 Å². The molecule has 1 N–H and O–H groups in total. The lowest BCUT2D eigenvalue weighted by Crippen LogP contribution is -2.35. The molecule has 5 aromatic rings. The van der Waals surface area contributed by atoms with Crippen LogP contribution in [0.5, 0.6) is 5.88 Å². The molecule has 2 saturated heterocycles. The van der Waals surface area contributed by atoms with Crippen LogP contribution in [0.1, 0.15) is 64.7 Å². The zero-order valence-corrected chi connectivity index (χ0v) is 24.9. The highest BCUT2D eigenvalue weighted by Gasteiger charge is 2.26. The van der Waals surface area contributed by atoms with Gasteiger partial charge in [0.05, 0.1) is 41.3 Å². The Balaban J connectivity index is 0.995. The number of ether oxygens (including phenoxy) is 2. The number of carbonyl (C=O) groups is 1. The van der Waals surface area contributed by atoms with Crippen molar-refractivity contribution in [1.82, 2.24) is 29.2 Å². The molecule has 0 amide bonds. The van der Waals surface area contributed by atoms with Crippen LogP contribution in [0.3, 0.4) is 0 Å². The van der Waals surface area contributed by atoms with Crippen LogP contribution in [0.4, 0.5) is 8.78 Å². The summed E-state index contributed by atoms with van der Waals surface area (Å²) in [7, 11) is 1.66. The minimum atomic E-state index is -2.63. The fourth-order valence-electron chi connectivity index (χ4n) is 6.33. The number of carboxylic acids is 1. The number of aromatic carboxylic acids is 1. The van der Waals surface area contributed by atoms with Crippen molar-refractivity contribution in [3.05, 3.63) is 82.9 Å². The molecule has 5 heterocycles. The Hall–Kier alpha value is -4.42. The topological polar surface area (TPSA) is 108 Å². The maximum absolute atomic E-state index is 13.3. The van der Waals surface area contributed by atoms with Crippen molar-refractivity contribution in [2.45, 2.75) is 57.4 Å². The summed E-state index contributed by atoms with van der Waals surface area (Å²) in [4.78, 5) is 23.7. The van der Waals surface area contributed by atoms with E-state index in [-0.39, 0.29) is 24.0 Å². The number of hydrogen-bond donors (Lipinski definition) is 1. The highest BCUT2D eigenvalue weighted by atomic mass is 19.3. The molecule has 2 aliphatic heterocycles. The fourth-order valence-corrected chi connectivity index (χ4v) is 6.33. The van der Waals surface area contributed by atoms with E-state index in [1.54, 1.807) is 37.4 Å². The van der Waals surface area contributed by atoms with Gasteiger partial charge in [-0.2, -0.15) is 5.10 Å². The minimum Gasteiger partial charge on any atom is -0.478 e. The second kappa shape index (κ2) is 12.2. The molecule has 0 aliphatic carbocycles. The molecule has 10 nitrogen and oxygen atoms in total. The zero-order chi connectivity index (χ0) is 31.1. The summed E-state index contributed by atoms with van der Waals surface area (Å²) in [5.74, 6) is 0.794. The molecule has 0 spiro atoms. The average Bonchev–Trinajstić information content (AvgIpc) is 3.54. The van der Waals surface area contributed by atoms with Crippen molar-refractivity contribution >= 4 is 27.9 Å². The van der Waals surface area contributed by atoms with Crippen LogP contribution in [-0.4, -0.2) is 66.1 Å². The maximum atomic E-state index is 13.3. The number of aryl methyl sites for hydroxylation is 1. The molecule has 7 rings (SSSR count). The van der Waals surface area contributed by atoms with Crippen molar-refractivity contribution in [2.75, 3.05) is 19.7 Å². The smallest absolute Gasteiger partial charge is 0.335 e. The Kier molecular flexibility index (Phi) is 7.92. The summed E-state index contributed by atoms with van der Waals surface area (Å²) in [6.45, 7) is 4.12. The normalized spacial score (nSPS) is 17.7. The lowest BCUT2D eigenvalue weighted by atomic mass is 9.93. The molecular formula is C33H34F2N6O4. The molecule has 45 heavy (non-hydrogen) atoms. The largest absolute Gasteiger partial charge is 0.478 e. The Morgan fingerprint density at radius 3 is 2.62 bits per heavy atom. The number of piperidine rings is 1. The summed E-state index contributed by atoms with van der Waals surface area (Å²) in [5.41, 5.74) is 4.14. The molecule has 12 heteroatoms. The van der Waals surface area contributed by atoms with Gasteiger partial charge in [-0.3, -0.25) is 9.58 Å². The monoisotopic (exact) mass is 616 g/mol. The van der Waals surface area contributed by atoms with Crippen LogP contribution in [0.2, 0.25) is 0 Å². The minimum absolute atomic E-state index is 0.123. The molecule has 234 valence electrons. The van der Waals surface area contributed by atoms with Crippen molar-refractivity contribution in [1.29, 1.82) is 0 Å². The third kappa shape index (κ3) is 5.99. The van der Waals surface area contributed by atoms with Crippen LogP contribution in [-0.2, 0) is 31.5 Å². The van der Waals surface area contributed by atoms with Crippen molar-refractivity contribution in [3.63, 3.8) is 0 Å². The third-order valence-electron chi connectivity index (χ3n) is 8.91. The molecule has 2 aromatic carbocycles. The van der Waals surface area contributed by atoms with E-state index in [9.17, 15) is 18.7 Å². The predicted molar refractivity (Wildman–Crippen MR) is 163 cm³/mol. The fraction of sp³-hybridized carbons (Fsp3) is 0.394. The Bertz CT molecular complexity index is 1860. The molecule has 0 bridgehead atoms. The first kappa shape index (κ1) is 29.3. The van der Waals surface area contributed by atoms with E-state index in [1.807, 2.05) is 24.3 Å². The molecule has 1 atom stereocenters. The van der Waals surface area contributed by atoms with Crippen molar-refractivity contribution in [3.8, 4) is 5.88 Å². The van der Waals surface area contributed by atoms with Gasteiger partial charge in [-0.25, -0.2) is 23.5 Å². The highest BCUT2D eigenvalue weighted by Crippen LogP contribution is 2.31. The number of hydrogen-bond acceptors (Lipinski definition) is 7. The van der Waals surface area contributed by atoms with E-state index in [0.29, 0.717) is 35.8 Å². The maximum Gasteiger partial charge on any atom is 0.335 e. The quantitative estimate of drug-likeness (QED) is 0.213. The van der Waals surface area contributed by atoms with E-state index in [2.05, 4.69) is 14.6 Å². The van der Waals surface area contributed by atoms with Gasteiger partial charge in [0.2, 0.25) is 5.88 Å². The number of alkyl halides is 2. The molecule has 2 fully saturated rings. The van der Waals surface area contributed by atoms with Gasteiger partial charge in [0.15, 0.2) is 0 Å². The molecule has 0 radical (unpaired) electrons. The van der Waals surface area contributed by atoms with Gasteiger partial charge in [0.1, 0.15) is 18.1 Å². The predicted octanol–water partition coefficient (Wildman–Crippen LogP) is 5.70. The van der Waals surface area contributed by atoms with E-state index in [4.69, 9.17) is 19.4 Å². The number of imidazole rings is 1. The van der Waals surface area contributed by atoms with E-state index >= 15 is 0 Å². The van der Waals surface area contributed by atoms with Crippen LogP contribution < -0.4 is 4.74 Å². The molecule has 0 saturated carbocycles. The standard InChI is InChI=1S/C33H34F2N6O4/c1-39-27-15-20(5-7-24(27)31(38-39)32(34)35)19-45-30-4-2-3-25(37-30)21-9-12-40(13-10-21)18-29-36-26-8-6-22(33(42)43)16-28(26)41(29)17-23-11-14-44-23/h2-8,15-16,21,23,32H,9-14,17-19H2,1H3,(H,42,43). The van der Waals surface area contributed by atoms with Gasteiger partial charge >= 0.3 is 5.97 Å². The van der Waals surface area contributed by atoms with Crippen LogP contribution in [0, 0.1) is 0 Å². The number of aromatic nitrogens is 5. The van der Waals surface area contributed by atoms with Gasteiger partial charge in [-0.1, -0.05) is 18.2 Å². The number of benzene rings is 2. The molecule has 1 unspecified atom stereocenters. The van der Waals surface area contributed by atoms with E-state index in [1.165, 1.54) is 4.68 Å². The lowest BCUT2D eigenvalue weighted by molar-refractivity contribution is -0.0592. The van der Waals surface area contributed by atoms with Gasteiger partial charge < -0.3 is 19.1 Å². The number of pyridine rings is 1. The second-order valence-corrected chi connectivity index (χ2v) is 11.8. The van der Waals surface area contributed by atoms with E-state index in [0.717, 1.165) is 67.1 Å². The van der Waals surface area contributed by atoms with Gasteiger partial charge in [-0.05, 0) is 68.2 Å². The number of likely N-dealkylation sites (tertiary alicyclic amines) is 1. The van der Waals surface area contributed by atoms with Crippen LogP contribution >= 0.6 is 0 Å². The number of nitrogens with zero attached hydrogens (tertiary/aromatic N) is 6. The summed E-state index contributed by atoms with van der Waals surface area (Å²) in [6.07, 6.45) is 0.363. The van der Waals surface area contributed by atoms with Crippen molar-refractivity contribution in [2.24, 2.45) is 7.05 Å². The Morgan fingerprint density at radius 2 is 1.89 bits per heavy atom. The van der Waals surface area contributed by atoms with Gasteiger partial charge in [-0.15, -0.1) is 0 Å². The first-order valence-electron chi connectivity index (χ1n) is 15.2.